The minimum Gasteiger partial charge on any atom is -0.480 e. The molecule has 1 atom stereocenters. The van der Waals surface area contributed by atoms with E-state index in [-0.39, 0.29) is 0 Å². The van der Waals surface area contributed by atoms with E-state index in [0.29, 0.717) is 16.6 Å². The van der Waals surface area contributed by atoms with Gasteiger partial charge in [-0.2, -0.15) is 0 Å². The number of benzene rings is 1. The molecule has 182 valence electrons. The molecule has 5 nitrogen and oxygen atoms in total. The molecule has 2 aromatic rings. The van der Waals surface area contributed by atoms with Gasteiger partial charge in [0.25, 0.3) is 0 Å². The molecule has 0 unspecified atom stereocenters. The molecule has 1 aliphatic carbocycles. The number of aryl methyl sites for hydroxylation is 2. The fourth-order valence-corrected chi connectivity index (χ4v) is 6.49. The number of nitrogens with zero attached hydrogens (tertiary/aromatic N) is 3. The van der Waals surface area contributed by atoms with E-state index in [0.717, 1.165) is 57.8 Å². The van der Waals surface area contributed by atoms with Crippen LogP contribution in [0.2, 0.25) is 5.02 Å². The number of fused-ring (bicyclic) bond motifs is 1. The number of pyridine rings is 1. The Hall–Kier alpha value is -1.95. The van der Waals surface area contributed by atoms with Crippen molar-refractivity contribution in [1.82, 2.24) is 14.8 Å². The van der Waals surface area contributed by atoms with Crippen LogP contribution in [0, 0.1) is 5.92 Å². The second kappa shape index (κ2) is 10.8. The minimum absolute atomic E-state index is 0.535. The molecule has 2 fully saturated rings. The lowest BCUT2D eigenvalue weighted by Gasteiger charge is -2.43. The van der Waals surface area contributed by atoms with Crippen molar-refractivity contribution in [2.24, 2.45) is 5.92 Å². The van der Waals surface area contributed by atoms with E-state index in [2.05, 4.69) is 21.9 Å². The molecular weight excluding hydrogens is 446 g/mol. The van der Waals surface area contributed by atoms with Crippen molar-refractivity contribution in [1.29, 1.82) is 0 Å². The molecule has 6 heteroatoms. The van der Waals surface area contributed by atoms with Gasteiger partial charge in [0.15, 0.2) is 0 Å². The molecule has 34 heavy (non-hydrogen) atoms. The summed E-state index contributed by atoms with van der Waals surface area (Å²) in [4.78, 5) is 21.8. The van der Waals surface area contributed by atoms with E-state index >= 15 is 0 Å². The molecule has 2 saturated heterocycles. The van der Waals surface area contributed by atoms with Crippen LogP contribution in [0.25, 0.3) is 0 Å². The number of hydrogen-bond donors (Lipinski definition) is 1. The van der Waals surface area contributed by atoms with Crippen LogP contribution in [-0.2, 0) is 24.1 Å². The molecule has 0 amide bonds. The average molecular weight is 482 g/mol. The number of halogens is 1. The Morgan fingerprint density at radius 3 is 2.47 bits per heavy atom. The highest BCUT2D eigenvalue weighted by atomic mass is 35.5. The maximum absolute atomic E-state index is 12.1. The summed E-state index contributed by atoms with van der Waals surface area (Å²) in [6.45, 7) is 3.89. The Labute approximate surface area is 208 Å². The molecule has 1 aromatic carbocycles. The molecule has 3 aliphatic rings. The lowest BCUT2D eigenvalue weighted by atomic mass is 9.89. The monoisotopic (exact) mass is 481 g/mol. The Morgan fingerprint density at radius 2 is 1.74 bits per heavy atom. The third-order valence-electron chi connectivity index (χ3n) is 8.20. The summed E-state index contributed by atoms with van der Waals surface area (Å²) in [6, 6.07) is 11.8. The van der Waals surface area contributed by atoms with Crippen molar-refractivity contribution in [3.05, 3.63) is 63.9 Å². The molecule has 0 radical (unpaired) electrons. The van der Waals surface area contributed by atoms with E-state index in [4.69, 9.17) is 16.6 Å². The number of aliphatic carboxylic acids is 1. The number of carboxylic acid groups (broad SMARTS) is 1. The minimum atomic E-state index is -0.817. The van der Waals surface area contributed by atoms with Crippen molar-refractivity contribution in [3.63, 3.8) is 0 Å². The summed E-state index contributed by atoms with van der Waals surface area (Å²) in [7, 11) is 0. The Kier molecular flexibility index (Phi) is 7.52. The van der Waals surface area contributed by atoms with Crippen molar-refractivity contribution in [3.8, 4) is 0 Å². The van der Waals surface area contributed by atoms with Gasteiger partial charge in [-0.1, -0.05) is 35.9 Å². The summed E-state index contributed by atoms with van der Waals surface area (Å²) in [5.74, 6) is -0.0924. The number of piperidine rings is 2. The molecule has 0 spiro atoms. The van der Waals surface area contributed by atoms with Gasteiger partial charge in [0.05, 0.1) is 0 Å². The van der Waals surface area contributed by atoms with Gasteiger partial charge in [0.1, 0.15) is 6.04 Å². The summed E-state index contributed by atoms with van der Waals surface area (Å²) < 4.78 is 0. The predicted octanol–water partition coefficient (Wildman–Crippen LogP) is 5.16. The van der Waals surface area contributed by atoms with Gasteiger partial charge >= 0.3 is 5.97 Å². The molecule has 0 bridgehead atoms. The van der Waals surface area contributed by atoms with Gasteiger partial charge in [-0.15, -0.1) is 0 Å². The van der Waals surface area contributed by atoms with Crippen LogP contribution in [0.15, 0.2) is 36.4 Å². The van der Waals surface area contributed by atoms with Gasteiger partial charge in [0.2, 0.25) is 0 Å². The van der Waals surface area contributed by atoms with E-state index < -0.39 is 12.0 Å². The van der Waals surface area contributed by atoms with Gasteiger partial charge in [-0.05, 0) is 100 Å². The SMILES string of the molecule is O=C(O)[C@H](c1ccccc1Cl)N1CCC(N2CCC(Cc3ccc4c(n3)CCCC4)CC2)CC1. The average Bonchev–Trinajstić information content (AvgIpc) is 2.86. The standard InChI is InChI=1S/C28H36ClN3O2/c29-25-7-3-2-6-24(25)27(28(33)34)32-17-13-23(14-18-32)31-15-11-20(12-16-31)19-22-10-9-21-5-1-4-8-26(21)30-22/h2-3,6-7,9-10,20,23,27H,1,4-5,8,11-19H2,(H,33,34)/t27-/m0/s1. The van der Waals surface area contributed by atoms with Gasteiger partial charge in [-0.3, -0.25) is 14.7 Å². The van der Waals surface area contributed by atoms with E-state index in [1.54, 1.807) is 6.07 Å². The molecule has 2 aliphatic heterocycles. The summed E-state index contributed by atoms with van der Waals surface area (Å²) in [6.07, 6.45) is 10.6. The van der Waals surface area contributed by atoms with E-state index in [1.807, 2.05) is 18.2 Å². The second-order valence-electron chi connectivity index (χ2n) is 10.3. The van der Waals surface area contributed by atoms with Crippen LogP contribution in [0.1, 0.15) is 67.1 Å². The highest BCUT2D eigenvalue weighted by Gasteiger charge is 2.34. The first kappa shape index (κ1) is 23.8. The maximum Gasteiger partial charge on any atom is 0.325 e. The zero-order valence-electron chi connectivity index (χ0n) is 20.0. The van der Waals surface area contributed by atoms with Crippen LogP contribution in [-0.4, -0.2) is 58.1 Å². The number of hydrogen-bond acceptors (Lipinski definition) is 4. The number of rotatable bonds is 6. The summed E-state index contributed by atoms with van der Waals surface area (Å²) in [5.41, 5.74) is 4.80. The fraction of sp³-hybridized carbons (Fsp3) is 0.571. The Morgan fingerprint density at radius 1 is 1.00 bits per heavy atom. The smallest absolute Gasteiger partial charge is 0.325 e. The zero-order chi connectivity index (χ0) is 23.5. The van der Waals surface area contributed by atoms with E-state index in [1.165, 1.54) is 49.1 Å². The van der Waals surface area contributed by atoms with Crippen LogP contribution >= 0.6 is 11.6 Å². The van der Waals surface area contributed by atoms with Crippen molar-refractivity contribution >= 4 is 17.6 Å². The largest absolute Gasteiger partial charge is 0.480 e. The fourth-order valence-electron chi connectivity index (χ4n) is 6.25. The van der Waals surface area contributed by atoms with Crippen LogP contribution < -0.4 is 0 Å². The van der Waals surface area contributed by atoms with Crippen molar-refractivity contribution < 1.29 is 9.90 Å². The molecule has 1 aromatic heterocycles. The lowest BCUT2D eigenvalue weighted by molar-refractivity contribution is -0.144. The first-order valence-electron chi connectivity index (χ1n) is 13.0. The van der Waals surface area contributed by atoms with Gasteiger partial charge < -0.3 is 10.0 Å². The Bertz CT molecular complexity index is 997. The number of likely N-dealkylation sites (tertiary alicyclic amines) is 2. The van der Waals surface area contributed by atoms with Crippen molar-refractivity contribution in [2.45, 2.75) is 69.9 Å². The first-order valence-corrected chi connectivity index (χ1v) is 13.4. The third-order valence-corrected chi connectivity index (χ3v) is 8.54. The number of aromatic nitrogens is 1. The first-order chi connectivity index (χ1) is 16.6. The quantitative estimate of drug-likeness (QED) is 0.617. The molecule has 3 heterocycles. The van der Waals surface area contributed by atoms with Crippen LogP contribution in [0.5, 0.6) is 0 Å². The maximum atomic E-state index is 12.1. The number of carbonyl (C=O) groups is 1. The van der Waals surface area contributed by atoms with Gasteiger partial charge in [0, 0.05) is 35.5 Å². The molecule has 5 rings (SSSR count). The third kappa shape index (κ3) is 5.32. The van der Waals surface area contributed by atoms with E-state index in [9.17, 15) is 9.90 Å². The summed E-state index contributed by atoms with van der Waals surface area (Å²) >= 11 is 6.34. The highest BCUT2D eigenvalue weighted by molar-refractivity contribution is 6.31. The molecule has 0 saturated carbocycles. The van der Waals surface area contributed by atoms with Gasteiger partial charge in [-0.25, -0.2) is 0 Å². The molecule has 1 N–H and O–H groups in total. The normalized spacial score (nSPS) is 21.8. The Balaban J connectivity index is 1.12. The van der Waals surface area contributed by atoms with Crippen LogP contribution in [0.3, 0.4) is 0 Å². The number of carboxylic acids is 1. The topological polar surface area (TPSA) is 56.7 Å². The van der Waals surface area contributed by atoms with Crippen LogP contribution in [0.4, 0.5) is 0 Å². The second-order valence-corrected chi connectivity index (χ2v) is 10.7. The molecular formula is C28H36ClN3O2. The zero-order valence-corrected chi connectivity index (χ0v) is 20.7. The summed E-state index contributed by atoms with van der Waals surface area (Å²) in [5, 5.41) is 10.5. The van der Waals surface area contributed by atoms with Crippen molar-refractivity contribution in [2.75, 3.05) is 26.2 Å². The highest BCUT2D eigenvalue weighted by Crippen LogP contribution is 2.32. The predicted molar refractivity (Wildman–Crippen MR) is 135 cm³/mol. The lowest BCUT2D eigenvalue weighted by Crippen LogP contribution is -2.49.